The zero-order valence-electron chi connectivity index (χ0n) is 55.7. The van der Waals surface area contributed by atoms with Crippen LogP contribution in [0.5, 0.6) is 0 Å². The lowest BCUT2D eigenvalue weighted by Gasteiger charge is -2.19. The van der Waals surface area contributed by atoms with Crippen LogP contribution in [0, 0.1) is 0 Å². The number of carbonyl (C=O) groups is 2. The summed E-state index contributed by atoms with van der Waals surface area (Å²) in [6.45, 7) is 3.61. The maximum absolute atomic E-state index is 12.8. The molecule has 0 aliphatic carbocycles. The molecule has 9 nitrogen and oxygen atoms in total. The summed E-state index contributed by atoms with van der Waals surface area (Å²) < 4.78 is 33.2. The van der Waals surface area contributed by atoms with E-state index in [1.165, 1.54) is 135 Å². The van der Waals surface area contributed by atoms with Crippen LogP contribution in [0.15, 0.2) is 146 Å². The molecule has 0 aromatic carbocycles. The molecule has 87 heavy (non-hydrogen) atoms. The number of hydrogen-bond donors (Lipinski definition) is 2. The van der Waals surface area contributed by atoms with Crippen molar-refractivity contribution in [1.82, 2.24) is 0 Å². The van der Waals surface area contributed by atoms with Gasteiger partial charge in [-0.1, -0.05) is 307 Å². The first-order chi connectivity index (χ1) is 42.8. The number of allylic oxidation sites excluding steroid dienone is 24. The molecule has 0 heterocycles. The van der Waals surface area contributed by atoms with Crippen molar-refractivity contribution in [1.29, 1.82) is 0 Å². The van der Waals surface area contributed by atoms with Crippen LogP contribution in [-0.2, 0) is 32.7 Å². The first-order valence-electron chi connectivity index (χ1n) is 35.3. The predicted octanol–water partition coefficient (Wildman–Crippen LogP) is 23.4. The minimum absolute atomic E-state index is 0.0445. The van der Waals surface area contributed by atoms with Crippen molar-refractivity contribution in [2.45, 2.75) is 302 Å². The fourth-order valence-corrected chi connectivity index (χ4v) is 10.3. The predicted molar refractivity (Wildman–Crippen MR) is 376 cm³/mol. The Kier molecular flexibility index (Phi) is 67.6. The SMILES string of the molecule is CC/C=C\C/C=C\C/C=C\C/C=C\C/C=C\C/C=C\C/C=C\C/C=C\C/C=C\C/C=C\CCCCCCCCC(=O)OC(COC(=O)CCCCCCCCCCCCCCCCCCC/C=C\C/C=C\CCCCCCC)COP(=O)(O)OCCN. The van der Waals surface area contributed by atoms with Gasteiger partial charge in [0.2, 0.25) is 0 Å². The molecule has 0 bridgehead atoms. The minimum Gasteiger partial charge on any atom is -0.462 e. The van der Waals surface area contributed by atoms with Crippen molar-refractivity contribution in [3.8, 4) is 0 Å². The molecule has 0 saturated heterocycles. The second-order valence-corrected chi connectivity index (χ2v) is 24.5. The number of hydrogen-bond acceptors (Lipinski definition) is 8. The number of esters is 2. The smallest absolute Gasteiger partial charge is 0.462 e. The Morgan fingerprint density at radius 1 is 0.356 bits per heavy atom. The summed E-state index contributed by atoms with van der Waals surface area (Å²) in [7, 11) is -4.41. The molecule has 0 spiro atoms. The van der Waals surface area contributed by atoms with Gasteiger partial charge in [-0.2, -0.15) is 0 Å². The Morgan fingerprint density at radius 2 is 0.632 bits per heavy atom. The van der Waals surface area contributed by atoms with E-state index in [0.717, 1.165) is 128 Å². The van der Waals surface area contributed by atoms with E-state index in [0.29, 0.717) is 6.42 Å². The highest BCUT2D eigenvalue weighted by atomic mass is 31.2. The molecular weight excluding hydrogens is 1100 g/mol. The summed E-state index contributed by atoms with van der Waals surface area (Å²) in [6.07, 6.45) is 102. The third-order valence-corrected chi connectivity index (χ3v) is 15.7. The third kappa shape index (κ3) is 70.8. The molecule has 0 amide bonds. The fraction of sp³-hybridized carbons (Fsp3) is 0.662. The molecule has 3 N–H and O–H groups in total. The Morgan fingerprint density at radius 3 is 0.943 bits per heavy atom. The van der Waals surface area contributed by atoms with Gasteiger partial charge in [0.1, 0.15) is 6.61 Å². The number of unbranched alkanes of at least 4 members (excludes halogenated alkanes) is 28. The zero-order chi connectivity index (χ0) is 63.0. The summed E-state index contributed by atoms with van der Waals surface area (Å²) >= 11 is 0. The van der Waals surface area contributed by atoms with Crippen LogP contribution in [0.4, 0.5) is 0 Å². The number of phosphoric acid groups is 1. The van der Waals surface area contributed by atoms with Crippen molar-refractivity contribution in [2.75, 3.05) is 26.4 Å². The van der Waals surface area contributed by atoms with E-state index < -0.39 is 26.5 Å². The molecular formula is C77H130NO8P. The van der Waals surface area contributed by atoms with E-state index >= 15 is 0 Å². The molecule has 0 fully saturated rings. The second kappa shape index (κ2) is 71.0. The lowest BCUT2D eigenvalue weighted by molar-refractivity contribution is -0.161. The van der Waals surface area contributed by atoms with Crippen molar-refractivity contribution >= 4 is 19.8 Å². The summed E-state index contributed by atoms with van der Waals surface area (Å²) in [5, 5.41) is 0. The van der Waals surface area contributed by atoms with Gasteiger partial charge in [0, 0.05) is 19.4 Å². The van der Waals surface area contributed by atoms with Crippen LogP contribution >= 0.6 is 7.82 Å². The first kappa shape index (κ1) is 82.9. The van der Waals surface area contributed by atoms with E-state index in [1.54, 1.807) is 0 Å². The highest BCUT2D eigenvalue weighted by Gasteiger charge is 2.26. The highest BCUT2D eigenvalue weighted by Crippen LogP contribution is 2.43. The van der Waals surface area contributed by atoms with E-state index in [9.17, 15) is 19.0 Å². The fourth-order valence-electron chi connectivity index (χ4n) is 9.52. The van der Waals surface area contributed by atoms with Gasteiger partial charge < -0.3 is 20.1 Å². The van der Waals surface area contributed by atoms with E-state index in [2.05, 4.69) is 160 Å². The summed E-state index contributed by atoms with van der Waals surface area (Å²) in [5.41, 5.74) is 5.40. The lowest BCUT2D eigenvalue weighted by Crippen LogP contribution is -2.29. The van der Waals surface area contributed by atoms with Crippen LogP contribution in [0.25, 0.3) is 0 Å². The van der Waals surface area contributed by atoms with E-state index in [1.807, 2.05) is 0 Å². The van der Waals surface area contributed by atoms with Gasteiger partial charge >= 0.3 is 19.8 Å². The number of ether oxygens (including phenoxy) is 2. The Hall–Kier alpha value is -4.11. The molecule has 0 aliphatic heterocycles. The topological polar surface area (TPSA) is 134 Å². The number of phosphoric ester groups is 1. The van der Waals surface area contributed by atoms with Gasteiger partial charge in [-0.25, -0.2) is 4.57 Å². The molecule has 10 heteroatoms. The first-order valence-corrected chi connectivity index (χ1v) is 36.8. The monoisotopic (exact) mass is 1230 g/mol. The van der Waals surface area contributed by atoms with Crippen molar-refractivity contribution < 1.29 is 37.6 Å². The molecule has 0 saturated carbocycles. The molecule has 0 aromatic heterocycles. The van der Waals surface area contributed by atoms with Gasteiger partial charge in [0.05, 0.1) is 13.2 Å². The molecule has 0 radical (unpaired) electrons. The van der Waals surface area contributed by atoms with E-state index in [4.69, 9.17) is 24.3 Å². The largest absolute Gasteiger partial charge is 0.472 e. The number of rotatable bonds is 65. The van der Waals surface area contributed by atoms with Crippen LogP contribution in [0.2, 0.25) is 0 Å². The maximum Gasteiger partial charge on any atom is 0.472 e. The van der Waals surface area contributed by atoms with Crippen LogP contribution < -0.4 is 5.73 Å². The molecule has 496 valence electrons. The lowest BCUT2D eigenvalue weighted by atomic mass is 10.0. The van der Waals surface area contributed by atoms with Crippen molar-refractivity contribution in [2.24, 2.45) is 5.73 Å². The molecule has 0 aliphatic rings. The van der Waals surface area contributed by atoms with Gasteiger partial charge in [-0.05, 0) is 122 Å². The molecule has 0 rings (SSSR count). The van der Waals surface area contributed by atoms with Gasteiger partial charge in [-0.3, -0.25) is 18.6 Å². The van der Waals surface area contributed by atoms with Crippen LogP contribution in [0.3, 0.4) is 0 Å². The van der Waals surface area contributed by atoms with Crippen molar-refractivity contribution in [3.05, 3.63) is 146 Å². The quantitative estimate of drug-likeness (QED) is 0.0264. The Bertz CT molecular complexity index is 1940. The van der Waals surface area contributed by atoms with Gasteiger partial charge in [-0.15, -0.1) is 0 Å². The zero-order valence-corrected chi connectivity index (χ0v) is 56.6. The average Bonchev–Trinajstić information content (AvgIpc) is 3.65. The number of nitrogens with two attached hydrogens (primary N) is 1. The molecule has 0 aromatic rings. The van der Waals surface area contributed by atoms with E-state index in [-0.39, 0.29) is 38.6 Å². The normalized spacial score (nSPS) is 13.8. The summed E-state index contributed by atoms with van der Waals surface area (Å²) in [5.74, 6) is -0.845. The summed E-state index contributed by atoms with van der Waals surface area (Å²) in [6, 6.07) is 0. The maximum atomic E-state index is 12.8. The Labute approximate surface area is 535 Å². The van der Waals surface area contributed by atoms with Gasteiger partial charge in [0.15, 0.2) is 6.10 Å². The highest BCUT2D eigenvalue weighted by molar-refractivity contribution is 7.47. The summed E-state index contributed by atoms with van der Waals surface area (Å²) in [4.78, 5) is 35.4. The molecule has 2 atom stereocenters. The molecule has 2 unspecified atom stereocenters. The van der Waals surface area contributed by atoms with Crippen molar-refractivity contribution in [3.63, 3.8) is 0 Å². The minimum atomic E-state index is -4.41. The van der Waals surface area contributed by atoms with Crippen LogP contribution in [-0.4, -0.2) is 49.3 Å². The third-order valence-electron chi connectivity index (χ3n) is 14.7. The second-order valence-electron chi connectivity index (χ2n) is 23.0. The standard InChI is InChI=1S/C77H130NO8P/c1-3-5-7-9-11-13-15-17-19-21-23-25-27-29-31-33-34-35-36-37-38-39-40-42-44-46-48-50-52-54-56-58-60-62-64-66-68-70-77(80)86-75(74-85-87(81,82)84-72-71-78)73-83-76(79)69-67-65-63-61-59-57-55-53-51-49-47-45-43-41-32-30-28-26-24-22-20-18-16-14-12-10-8-6-4-2/h5,7,11,13,16-19,22-25,29,31,34-35,37-38,40,42,46,48,52,54,75H,3-4,6,8-10,12,14-15,20-21,26-28,30,32-33,36,39,41,43-45,47,49-51,53,55-74,78H2,1-2H3,(H,81,82)/b7-5-,13-11-,18-16-,19-17-,24-22-,25-23-,31-29-,35-34-,38-37-,42-40-,48-46-,54-52-. The average molecular weight is 1230 g/mol. The van der Waals surface area contributed by atoms with Gasteiger partial charge in [0.25, 0.3) is 0 Å². The Balaban J connectivity index is 3.98. The van der Waals surface area contributed by atoms with Crippen LogP contribution in [0.1, 0.15) is 296 Å². The number of carbonyl (C=O) groups excluding carboxylic acids is 2.